The standard InChI is InChI=1S/C13H17NO4/c1-17-12-8-10(5-6-11(12)15)9-14-7-3-4-13(16)18-2/h5-6,8-9,15H,3-4,7H2,1-2H3. The van der Waals surface area contributed by atoms with Gasteiger partial charge in [0.15, 0.2) is 11.5 Å². The molecule has 0 amide bonds. The predicted octanol–water partition coefficient (Wildman–Crippen LogP) is 1.77. The first-order valence-corrected chi connectivity index (χ1v) is 5.61. The molecule has 1 aromatic carbocycles. The van der Waals surface area contributed by atoms with Crippen molar-refractivity contribution in [3.05, 3.63) is 23.8 Å². The van der Waals surface area contributed by atoms with E-state index in [0.717, 1.165) is 5.56 Å². The van der Waals surface area contributed by atoms with Gasteiger partial charge in [0.1, 0.15) is 0 Å². The Morgan fingerprint density at radius 2 is 2.22 bits per heavy atom. The number of benzene rings is 1. The molecule has 0 saturated carbocycles. The van der Waals surface area contributed by atoms with Crippen molar-refractivity contribution in [2.75, 3.05) is 20.8 Å². The summed E-state index contributed by atoms with van der Waals surface area (Å²) in [4.78, 5) is 15.0. The molecule has 98 valence electrons. The Balaban J connectivity index is 2.44. The summed E-state index contributed by atoms with van der Waals surface area (Å²) in [5, 5.41) is 9.41. The first-order valence-electron chi connectivity index (χ1n) is 5.61. The van der Waals surface area contributed by atoms with E-state index in [9.17, 15) is 9.90 Å². The van der Waals surface area contributed by atoms with E-state index in [-0.39, 0.29) is 11.7 Å². The summed E-state index contributed by atoms with van der Waals surface area (Å²) in [5.74, 6) is 0.283. The van der Waals surface area contributed by atoms with Crippen LogP contribution in [-0.2, 0) is 9.53 Å². The Hall–Kier alpha value is -2.04. The van der Waals surface area contributed by atoms with Crippen LogP contribution in [0.2, 0.25) is 0 Å². The summed E-state index contributed by atoms with van der Waals surface area (Å²) in [6.07, 6.45) is 2.70. The highest BCUT2D eigenvalue weighted by atomic mass is 16.5. The Morgan fingerprint density at radius 3 is 2.89 bits per heavy atom. The molecular weight excluding hydrogens is 234 g/mol. The zero-order valence-electron chi connectivity index (χ0n) is 10.5. The second kappa shape index (κ2) is 7.32. The molecule has 1 rings (SSSR count). The summed E-state index contributed by atoms with van der Waals surface area (Å²) in [6.45, 7) is 0.554. The highest BCUT2D eigenvalue weighted by Gasteiger charge is 2.01. The quantitative estimate of drug-likeness (QED) is 0.475. The largest absolute Gasteiger partial charge is 0.504 e. The lowest BCUT2D eigenvalue weighted by molar-refractivity contribution is -0.140. The smallest absolute Gasteiger partial charge is 0.305 e. The van der Waals surface area contributed by atoms with Crippen molar-refractivity contribution in [2.24, 2.45) is 4.99 Å². The normalized spacial score (nSPS) is 10.6. The van der Waals surface area contributed by atoms with Crippen LogP contribution in [0.15, 0.2) is 23.2 Å². The lowest BCUT2D eigenvalue weighted by Crippen LogP contribution is -2.00. The summed E-state index contributed by atoms with van der Waals surface area (Å²) in [7, 11) is 2.86. The number of ether oxygens (including phenoxy) is 2. The molecule has 0 aliphatic carbocycles. The molecule has 0 atom stereocenters. The maximum atomic E-state index is 10.8. The number of esters is 1. The van der Waals surface area contributed by atoms with E-state index >= 15 is 0 Å². The highest BCUT2D eigenvalue weighted by Crippen LogP contribution is 2.25. The second-order valence-corrected chi connectivity index (χ2v) is 3.65. The van der Waals surface area contributed by atoms with Crippen molar-refractivity contribution in [3.8, 4) is 11.5 Å². The minimum Gasteiger partial charge on any atom is -0.504 e. The third-order valence-corrected chi connectivity index (χ3v) is 2.34. The third-order valence-electron chi connectivity index (χ3n) is 2.34. The topological polar surface area (TPSA) is 68.1 Å². The van der Waals surface area contributed by atoms with E-state index in [1.165, 1.54) is 14.2 Å². The molecule has 18 heavy (non-hydrogen) atoms. The Bertz CT molecular complexity index is 429. The number of carbonyl (C=O) groups excluding carboxylic acids is 1. The molecule has 0 heterocycles. The van der Waals surface area contributed by atoms with E-state index in [2.05, 4.69) is 9.73 Å². The molecule has 0 aliphatic heterocycles. The summed E-state index contributed by atoms with van der Waals surface area (Å²) < 4.78 is 9.51. The van der Waals surface area contributed by atoms with E-state index in [0.29, 0.717) is 25.1 Å². The average Bonchev–Trinajstić information content (AvgIpc) is 2.39. The van der Waals surface area contributed by atoms with E-state index < -0.39 is 0 Å². The van der Waals surface area contributed by atoms with Crippen LogP contribution in [0, 0.1) is 0 Å². The van der Waals surface area contributed by atoms with Gasteiger partial charge in [0.2, 0.25) is 0 Å². The van der Waals surface area contributed by atoms with Crippen molar-refractivity contribution >= 4 is 12.2 Å². The third kappa shape index (κ3) is 4.45. The van der Waals surface area contributed by atoms with E-state index in [1.807, 2.05) is 0 Å². The first kappa shape index (κ1) is 14.0. The average molecular weight is 251 g/mol. The first-order chi connectivity index (χ1) is 8.67. The molecule has 0 aliphatic rings. The van der Waals surface area contributed by atoms with Gasteiger partial charge < -0.3 is 14.6 Å². The molecule has 5 nitrogen and oxygen atoms in total. The van der Waals surface area contributed by atoms with Crippen LogP contribution in [-0.4, -0.2) is 38.1 Å². The fourth-order valence-corrected chi connectivity index (χ4v) is 1.36. The van der Waals surface area contributed by atoms with Crippen molar-refractivity contribution in [1.29, 1.82) is 0 Å². The second-order valence-electron chi connectivity index (χ2n) is 3.65. The van der Waals surface area contributed by atoms with Gasteiger partial charge in [-0.15, -0.1) is 0 Å². The number of phenolic OH excluding ortho intramolecular Hbond substituents is 1. The number of aliphatic imine (C=N–C) groups is 1. The lowest BCUT2D eigenvalue weighted by atomic mass is 10.2. The zero-order chi connectivity index (χ0) is 13.4. The number of nitrogens with zero attached hydrogens (tertiary/aromatic N) is 1. The number of aromatic hydroxyl groups is 1. The van der Waals surface area contributed by atoms with Crippen LogP contribution >= 0.6 is 0 Å². The van der Waals surface area contributed by atoms with Gasteiger partial charge in [0, 0.05) is 19.2 Å². The van der Waals surface area contributed by atoms with E-state index in [1.54, 1.807) is 24.4 Å². The molecule has 0 radical (unpaired) electrons. The Morgan fingerprint density at radius 1 is 1.44 bits per heavy atom. The Kier molecular flexibility index (Phi) is 5.70. The van der Waals surface area contributed by atoms with Gasteiger partial charge in [0.05, 0.1) is 14.2 Å². The minimum absolute atomic E-state index is 0.0975. The maximum Gasteiger partial charge on any atom is 0.305 e. The fraction of sp³-hybridized carbons (Fsp3) is 0.385. The molecule has 0 bridgehead atoms. The van der Waals surface area contributed by atoms with Gasteiger partial charge in [-0.2, -0.15) is 0 Å². The van der Waals surface area contributed by atoms with Crippen LogP contribution in [0.5, 0.6) is 11.5 Å². The number of methoxy groups -OCH3 is 2. The molecule has 1 N–H and O–H groups in total. The molecule has 0 aromatic heterocycles. The maximum absolute atomic E-state index is 10.8. The molecule has 0 spiro atoms. The lowest BCUT2D eigenvalue weighted by Gasteiger charge is -2.03. The van der Waals surface area contributed by atoms with Crippen LogP contribution in [0.25, 0.3) is 0 Å². The van der Waals surface area contributed by atoms with Crippen molar-refractivity contribution < 1.29 is 19.4 Å². The SMILES string of the molecule is COC(=O)CCCN=Cc1ccc(O)c(OC)c1. The molecule has 5 heteroatoms. The molecular formula is C13H17NO4. The minimum atomic E-state index is -0.225. The summed E-state index contributed by atoms with van der Waals surface area (Å²) in [6, 6.07) is 4.98. The highest BCUT2D eigenvalue weighted by molar-refractivity contribution is 5.80. The van der Waals surface area contributed by atoms with Gasteiger partial charge in [-0.05, 0) is 30.2 Å². The number of hydrogen-bond acceptors (Lipinski definition) is 5. The number of hydrogen-bond donors (Lipinski definition) is 1. The molecule has 1 aromatic rings. The summed E-state index contributed by atoms with van der Waals surface area (Å²) in [5.41, 5.74) is 0.836. The van der Waals surface area contributed by atoms with Gasteiger partial charge >= 0.3 is 5.97 Å². The van der Waals surface area contributed by atoms with Crippen molar-refractivity contribution in [3.63, 3.8) is 0 Å². The fourth-order valence-electron chi connectivity index (χ4n) is 1.36. The molecule has 0 saturated heterocycles. The van der Waals surface area contributed by atoms with Crippen LogP contribution in [0.3, 0.4) is 0 Å². The van der Waals surface area contributed by atoms with Gasteiger partial charge in [-0.3, -0.25) is 9.79 Å². The van der Waals surface area contributed by atoms with Crippen LogP contribution in [0.1, 0.15) is 18.4 Å². The van der Waals surface area contributed by atoms with Gasteiger partial charge in [-0.1, -0.05) is 0 Å². The number of phenols is 1. The number of rotatable bonds is 6. The predicted molar refractivity (Wildman–Crippen MR) is 68.4 cm³/mol. The summed E-state index contributed by atoms with van der Waals surface area (Å²) >= 11 is 0. The van der Waals surface area contributed by atoms with Gasteiger partial charge in [0.25, 0.3) is 0 Å². The van der Waals surface area contributed by atoms with Crippen LogP contribution < -0.4 is 4.74 Å². The van der Waals surface area contributed by atoms with Gasteiger partial charge in [-0.25, -0.2) is 0 Å². The van der Waals surface area contributed by atoms with Crippen LogP contribution in [0.4, 0.5) is 0 Å². The Labute approximate surface area is 106 Å². The van der Waals surface area contributed by atoms with Crippen molar-refractivity contribution in [1.82, 2.24) is 0 Å². The number of carbonyl (C=O) groups is 1. The monoisotopic (exact) mass is 251 g/mol. The van der Waals surface area contributed by atoms with E-state index in [4.69, 9.17) is 4.74 Å². The zero-order valence-corrected chi connectivity index (χ0v) is 10.5. The van der Waals surface area contributed by atoms with Crippen molar-refractivity contribution in [2.45, 2.75) is 12.8 Å². The molecule has 0 unspecified atom stereocenters. The molecule has 0 fully saturated rings.